The van der Waals surface area contributed by atoms with E-state index in [1.807, 2.05) is 28.9 Å². The van der Waals surface area contributed by atoms with Gasteiger partial charge in [-0.05, 0) is 66.4 Å². The number of fused-ring (bicyclic) bond motifs is 2. The molecule has 3 aromatic carbocycles. The van der Waals surface area contributed by atoms with Crippen molar-refractivity contribution in [3.05, 3.63) is 78.6 Å². The van der Waals surface area contributed by atoms with Gasteiger partial charge in [-0.15, -0.1) is 12.4 Å². The van der Waals surface area contributed by atoms with E-state index in [-0.39, 0.29) is 12.4 Å². The molecule has 3 heterocycles. The highest BCUT2D eigenvalue weighted by Gasteiger charge is 2.21. The van der Waals surface area contributed by atoms with Gasteiger partial charge in [-0.2, -0.15) is 5.10 Å². The number of hydrogen-bond donors (Lipinski definition) is 2. The quantitative estimate of drug-likeness (QED) is 0.332. The van der Waals surface area contributed by atoms with Crippen molar-refractivity contribution in [1.29, 1.82) is 0 Å². The summed E-state index contributed by atoms with van der Waals surface area (Å²) >= 11 is 0. The third kappa shape index (κ3) is 4.85. The van der Waals surface area contributed by atoms with Crippen molar-refractivity contribution in [2.75, 3.05) is 18.8 Å². The van der Waals surface area contributed by atoms with Gasteiger partial charge in [0.25, 0.3) is 0 Å². The molecule has 0 spiro atoms. The zero-order chi connectivity index (χ0) is 23.6. The number of hydrogen-bond acceptors (Lipinski definition) is 6. The molecule has 36 heavy (non-hydrogen) atoms. The molecule has 0 bridgehead atoms. The van der Waals surface area contributed by atoms with Gasteiger partial charge in [0.2, 0.25) is 0 Å². The number of nitrogen functional groups attached to an aromatic ring is 1. The zero-order valence-corrected chi connectivity index (χ0v) is 20.7. The molecule has 7 nitrogen and oxygen atoms in total. The third-order valence-corrected chi connectivity index (χ3v) is 6.78. The van der Waals surface area contributed by atoms with E-state index < -0.39 is 0 Å². The van der Waals surface area contributed by atoms with E-state index in [0.717, 1.165) is 76.9 Å². The summed E-state index contributed by atoms with van der Waals surface area (Å²) in [7, 11) is 0. The van der Waals surface area contributed by atoms with E-state index in [9.17, 15) is 0 Å². The summed E-state index contributed by atoms with van der Waals surface area (Å²) in [4.78, 5) is 8.81. The Labute approximate surface area is 216 Å². The van der Waals surface area contributed by atoms with E-state index >= 15 is 0 Å². The van der Waals surface area contributed by atoms with Gasteiger partial charge in [0.1, 0.15) is 30.2 Å². The van der Waals surface area contributed by atoms with Crippen molar-refractivity contribution in [1.82, 2.24) is 25.1 Å². The predicted molar refractivity (Wildman–Crippen MR) is 146 cm³/mol. The van der Waals surface area contributed by atoms with Crippen LogP contribution in [0.25, 0.3) is 33.1 Å². The zero-order valence-electron chi connectivity index (χ0n) is 19.9. The minimum atomic E-state index is 0. The molecule has 8 heteroatoms. The van der Waals surface area contributed by atoms with Crippen LogP contribution in [0.4, 0.5) is 5.82 Å². The van der Waals surface area contributed by atoms with Crippen LogP contribution in [0.15, 0.2) is 73.1 Å². The second kappa shape index (κ2) is 10.5. The molecule has 6 rings (SSSR count). The number of aromatic nitrogens is 4. The smallest absolute Gasteiger partial charge is 0.163 e. The lowest BCUT2D eigenvalue weighted by atomic mass is 9.98. The Morgan fingerprint density at radius 3 is 2.56 bits per heavy atom. The standard InChI is InChI=1S/C28H28N6O.ClH/c29-27-25-26(33-34(28(25)32-18-31-27)16-19-10-12-30-13-11-19)23-7-6-22-15-24(9-8-21(22)14-23)35-17-20-4-2-1-3-5-20;/h1-9,14-15,18-19,30H,10-13,16-17H2,(H2,29,31,32);1H. The Kier molecular flexibility index (Phi) is 7.02. The minimum absolute atomic E-state index is 0. The molecule has 5 aromatic rings. The highest BCUT2D eigenvalue weighted by Crippen LogP contribution is 2.33. The molecule has 1 aliphatic rings. The van der Waals surface area contributed by atoms with Crippen molar-refractivity contribution in [2.45, 2.75) is 26.0 Å². The Morgan fingerprint density at radius 1 is 0.944 bits per heavy atom. The summed E-state index contributed by atoms with van der Waals surface area (Å²) < 4.78 is 8.03. The summed E-state index contributed by atoms with van der Waals surface area (Å²) in [5.41, 5.74) is 10.1. The molecular formula is C28H29ClN6O. The largest absolute Gasteiger partial charge is 0.489 e. The Morgan fingerprint density at radius 2 is 1.72 bits per heavy atom. The van der Waals surface area contributed by atoms with Crippen LogP contribution >= 0.6 is 12.4 Å². The first-order valence-electron chi connectivity index (χ1n) is 12.1. The number of piperidine rings is 1. The Bertz CT molecular complexity index is 1480. The van der Waals surface area contributed by atoms with E-state index in [2.05, 4.69) is 57.7 Å². The Balaban J connectivity index is 0.00000267. The molecule has 0 unspecified atom stereocenters. The number of nitrogens with two attached hydrogens (primary N) is 1. The molecule has 0 atom stereocenters. The molecular weight excluding hydrogens is 472 g/mol. The highest BCUT2D eigenvalue weighted by molar-refractivity contribution is 6.00. The normalized spacial score (nSPS) is 14.1. The third-order valence-electron chi connectivity index (χ3n) is 6.78. The lowest BCUT2D eigenvalue weighted by Gasteiger charge is -2.22. The fourth-order valence-corrected chi connectivity index (χ4v) is 4.87. The van der Waals surface area contributed by atoms with Crippen LogP contribution in [0.2, 0.25) is 0 Å². The number of ether oxygens (including phenoxy) is 1. The first-order chi connectivity index (χ1) is 17.2. The topological polar surface area (TPSA) is 90.9 Å². The monoisotopic (exact) mass is 500 g/mol. The van der Waals surface area contributed by atoms with Crippen LogP contribution in [0.3, 0.4) is 0 Å². The lowest BCUT2D eigenvalue weighted by molar-refractivity contribution is 0.306. The molecule has 184 valence electrons. The van der Waals surface area contributed by atoms with Crippen LogP contribution in [0, 0.1) is 5.92 Å². The van der Waals surface area contributed by atoms with Crippen LogP contribution in [-0.2, 0) is 13.2 Å². The number of halogens is 1. The second-order valence-corrected chi connectivity index (χ2v) is 9.18. The summed E-state index contributed by atoms with van der Waals surface area (Å²) in [6.07, 6.45) is 3.81. The molecule has 2 aromatic heterocycles. The highest BCUT2D eigenvalue weighted by atomic mass is 35.5. The Hall–Kier alpha value is -3.68. The second-order valence-electron chi connectivity index (χ2n) is 9.18. The van der Waals surface area contributed by atoms with Crippen LogP contribution in [0.5, 0.6) is 5.75 Å². The van der Waals surface area contributed by atoms with Crippen LogP contribution in [0.1, 0.15) is 18.4 Å². The van der Waals surface area contributed by atoms with Crippen molar-refractivity contribution in [3.8, 4) is 17.0 Å². The average Bonchev–Trinajstić information content (AvgIpc) is 3.28. The van der Waals surface area contributed by atoms with Gasteiger partial charge in [-0.25, -0.2) is 14.6 Å². The minimum Gasteiger partial charge on any atom is -0.489 e. The van der Waals surface area contributed by atoms with Crippen LogP contribution < -0.4 is 15.8 Å². The molecule has 0 radical (unpaired) electrons. The number of rotatable bonds is 6. The summed E-state index contributed by atoms with van der Waals surface area (Å²) in [6.45, 7) is 3.49. The van der Waals surface area contributed by atoms with Gasteiger partial charge in [0.15, 0.2) is 5.65 Å². The lowest BCUT2D eigenvalue weighted by Crippen LogP contribution is -2.30. The first kappa shape index (κ1) is 24.0. The van der Waals surface area contributed by atoms with Crippen molar-refractivity contribution >= 4 is 40.0 Å². The summed E-state index contributed by atoms with van der Waals surface area (Å²) in [5, 5.41) is 11.5. The van der Waals surface area contributed by atoms with E-state index in [1.165, 1.54) is 6.33 Å². The number of nitrogens with zero attached hydrogens (tertiary/aromatic N) is 4. The van der Waals surface area contributed by atoms with E-state index in [0.29, 0.717) is 18.3 Å². The average molecular weight is 501 g/mol. The fourth-order valence-electron chi connectivity index (χ4n) is 4.87. The molecule has 1 fully saturated rings. The SMILES string of the molecule is Cl.Nc1ncnc2c1c(-c1ccc3cc(OCc4ccccc4)ccc3c1)nn2CC1CCNCC1. The van der Waals surface area contributed by atoms with Gasteiger partial charge in [0.05, 0.1) is 5.39 Å². The number of nitrogens with one attached hydrogen (secondary N) is 1. The van der Waals surface area contributed by atoms with Gasteiger partial charge in [0, 0.05) is 12.1 Å². The maximum Gasteiger partial charge on any atom is 0.163 e. The van der Waals surface area contributed by atoms with E-state index in [4.69, 9.17) is 15.6 Å². The van der Waals surface area contributed by atoms with Gasteiger partial charge in [-0.1, -0.05) is 48.5 Å². The summed E-state index contributed by atoms with van der Waals surface area (Å²) in [6, 6.07) is 22.7. The fraction of sp³-hybridized carbons (Fsp3) is 0.250. The van der Waals surface area contributed by atoms with E-state index in [1.54, 1.807) is 0 Å². The maximum atomic E-state index is 6.32. The van der Waals surface area contributed by atoms with Crippen molar-refractivity contribution in [3.63, 3.8) is 0 Å². The van der Waals surface area contributed by atoms with Crippen molar-refractivity contribution in [2.24, 2.45) is 5.92 Å². The van der Waals surface area contributed by atoms with Crippen molar-refractivity contribution < 1.29 is 4.74 Å². The van der Waals surface area contributed by atoms with Gasteiger partial charge >= 0.3 is 0 Å². The first-order valence-corrected chi connectivity index (χ1v) is 12.1. The number of benzene rings is 3. The molecule has 0 aliphatic carbocycles. The predicted octanol–water partition coefficient (Wildman–Crippen LogP) is 5.23. The molecule has 0 amide bonds. The van der Waals surface area contributed by atoms with Gasteiger partial charge in [-0.3, -0.25) is 0 Å². The number of anilines is 1. The molecule has 0 saturated carbocycles. The maximum absolute atomic E-state index is 6.32. The molecule has 1 aliphatic heterocycles. The summed E-state index contributed by atoms with van der Waals surface area (Å²) in [5.74, 6) is 1.89. The molecule has 1 saturated heterocycles. The van der Waals surface area contributed by atoms with Gasteiger partial charge < -0.3 is 15.8 Å². The molecule has 3 N–H and O–H groups in total. The van der Waals surface area contributed by atoms with Crippen LogP contribution in [-0.4, -0.2) is 32.8 Å².